The fourth-order valence-electron chi connectivity index (χ4n) is 5.62. The second-order valence-corrected chi connectivity index (χ2v) is 10.1. The van der Waals surface area contributed by atoms with Crippen molar-refractivity contribution in [3.8, 4) is 0 Å². The molecule has 0 spiro atoms. The highest BCUT2D eigenvalue weighted by Crippen LogP contribution is 2.34. The first kappa shape index (κ1) is 23.9. The van der Waals surface area contributed by atoms with Gasteiger partial charge >= 0.3 is 0 Å². The van der Waals surface area contributed by atoms with Gasteiger partial charge in [-0.15, -0.1) is 0 Å². The molecule has 3 fully saturated rings. The summed E-state index contributed by atoms with van der Waals surface area (Å²) in [5.41, 5.74) is 2.05. The lowest BCUT2D eigenvalue weighted by molar-refractivity contribution is -0.131. The van der Waals surface area contributed by atoms with E-state index in [4.69, 9.17) is 0 Å². The van der Waals surface area contributed by atoms with Gasteiger partial charge in [0.05, 0.1) is 5.69 Å². The van der Waals surface area contributed by atoms with E-state index in [2.05, 4.69) is 5.32 Å². The van der Waals surface area contributed by atoms with Crippen LogP contribution in [0.5, 0.6) is 0 Å². The van der Waals surface area contributed by atoms with Crippen LogP contribution in [0, 0.1) is 18.8 Å². The molecule has 0 unspecified atom stereocenters. The normalized spacial score (nSPS) is 20.8. The minimum atomic E-state index is -0.0956. The molecule has 33 heavy (non-hydrogen) atoms. The van der Waals surface area contributed by atoms with Crippen molar-refractivity contribution in [2.75, 3.05) is 31.1 Å². The topological polar surface area (TPSA) is 69.7 Å². The van der Waals surface area contributed by atoms with Crippen molar-refractivity contribution in [2.45, 2.75) is 77.6 Å². The van der Waals surface area contributed by atoms with E-state index in [1.54, 1.807) is 6.07 Å². The first-order chi connectivity index (χ1) is 16.1. The largest absolute Gasteiger partial charge is 0.337 e. The van der Waals surface area contributed by atoms with Crippen molar-refractivity contribution < 1.29 is 14.4 Å². The Kier molecular flexibility index (Phi) is 8.18. The van der Waals surface area contributed by atoms with Gasteiger partial charge in [0.15, 0.2) is 0 Å². The second kappa shape index (κ2) is 11.3. The van der Waals surface area contributed by atoms with Crippen LogP contribution in [0.2, 0.25) is 0 Å². The molecule has 6 nitrogen and oxygen atoms in total. The van der Waals surface area contributed by atoms with Crippen molar-refractivity contribution >= 4 is 23.4 Å². The minimum absolute atomic E-state index is 0.0184. The first-order valence-electron chi connectivity index (χ1n) is 13.0. The van der Waals surface area contributed by atoms with Gasteiger partial charge in [-0.25, -0.2) is 4.90 Å². The molecule has 3 amide bonds. The second-order valence-electron chi connectivity index (χ2n) is 10.1. The molecule has 1 aliphatic heterocycles. The molecule has 4 rings (SSSR count). The molecule has 2 aliphatic carbocycles. The summed E-state index contributed by atoms with van der Waals surface area (Å²) in [5.74, 6) is -0.326. The number of carbonyl (C=O) groups excluding carboxylic acids is 3. The number of aryl methyl sites for hydroxylation is 1. The molecule has 1 heterocycles. The molecule has 1 N–H and O–H groups in total. The molecule has 180 valence electrons. The summed E-state index contributed by atoms with van der Waals surface area (Å²) in [5, 5.41) is 3.33. The summed E-state index contributed by atoms with van der Waals surface area (Å²) >= 11 is 0. The fraction of sp³-hybridized carbons (Fsp3) is 0.667. The molecule has 1 aromatic rings. The third kappa shape index (κ3) is 5.65. The Hall–Kier alpha value is -2.21. The van der Waals surface area contributed by atoms with Gasteiger partial charge in [-0.2, -0.15) is 0 Å². The molecule has 0 atom stereocenters. The molecule has 6 heteroatoms. The standard InChI is InChI=1S/C27H39N3O3/c1-20-13-14-23(25(31)29-17-8-15-28-16-18-29)19-24(20)30(26(32)21-9-4-2-5-10-21)27(33)22-11-6-3-7-12-22/h13-14,19,21-22,28H,2-12,15-18H2,1H3. The van der Waals surface area contributed by atoms with Crippen LogP contribution in [0.3, 0.4) is 0 Å². The van der Waals surface area contributed by atoms with E-state index in [0.717, 1.165) is 95.8 Å². The molecule has 0 aromatic heterocycles. The van der Waals surface area contributed by atoms with Crippen LogP contribution in [0.4, 0.5) is 5.69 Å². The van der Waals surface area contributed by atoms with Crippen molar-refractivity contribution in [3.63, 3.8) is 0 Å². The Bertz CT molecular complexity index is 818. The Morgan fingerprint density at radius 2 is 1.42 bits per heavy atom. The van der Waals surface area contributed by atoms with Crippen molar-refractivity contribution in [2.24, 2.45) is 11.8 Å². The lowest BCUT2D eigenvalue weighted by Gasteiger charge is -2.33. The van der Waals surface area contributed by atoms with E-state index < -0.39 is 0 Å². The molecule has 1 saturated heterocycles. The van der Waals surface area contributed by atoms with Gasteiger partial charge in [0.1, 0.15) is 0 Å². The lowest BCUT2D eigenvalue weighted by atomic mass is 9.85. The predicted octanol–water partition coefficient (Wildman–Crippen LogP) is 4.45. The first-order valence-corrected chi connectivity index (χ1v) is 13.0. The smallest absolute Gasteiger partial charge is 0.253 e. The zero-order valence-corrected chi connectivity index (χ0v) is 20.1. The van der Waals surface area contributed by atoms with E-state index in [9.17, 15) is 14.4 Å². The third-order valence-corrected chi connectivity index (χ3v) is 7.67. The monoisotopic (exact) mass is 453 g/mol. The predicted molar refractivity (Wildman–Crippen MR) is 130 cm³/mol. The van der Waals surface area contributed by atoms with Crippen molar-refractivity contribution in [3.05, 3.63) is 29.3 Å². The SMILES string of the molecule is Cc1ccc(C(=O)N2CCCNCC2)cc1N(C(=O)C1CCCCC1)C(=O)C1CCCCC1. The Morgan fingerprint density at radius 3 is 2.03 bits per heavy atom. The van der Waals surface area contributed by atoms with Crippen LogP contribution in [0.1, 0.15) is 86.6 Å². The Morgan fingerprint density at radius 1 is 0.818 bits per heavy atom. The number of nitrogens with zero attached hydrogens (tertiary/aromatic N) is 2. The summed E-state index contributed by atoms with van der Waals surface area (Å²) in [6.07, 6.45) is 10.8. The number of benzene rings is 1. The number of amides is 3. The fourth-order valence-corrected chi connectivity index (χ4v) is 5.62. The maximum atomic E-state index is 13.8. The molecule has 3 aliphatic rings. The van der Waals surface area contributed by atoms with Gasteiger partial charge in [0, 0.05) is 37.0 Å². The molecule has 0 radical (unpaired) electrons. The van der Waals surface area contributed by atoms with E-state index in [1.807, 2.05) is 24.0 Å². The van der Waals surface area contributed by atoms with Gasteiger partial charge in [0.2, 0.25) is 11.8 Å². The number of anilines is 1. The summed E-state index contributed by atoms with van der Waals surface area (Å²) in [7, 11) is 0. The van der Waals surface area contributed by atoms with E-state index in [0.29, 0.717) is 17.8 Å². The minimum Gasteiger partial charge on any atom is -0.337 e. The number of hydrogen-bond acceptors (Lipinski definition) is 4. The Balaban J connectivity index is 1.66. The van der Waals surface area contributed by atoms with Crippen LogP contribution in [-0.4, -0.2) is 48.8 Å². The van der Waals surface area contributed by atoms with E-state index >= 15 is 0 Å². The highest BCUT2D eigenvalue weighted by atomic mass is 16.2. The summed E-state index contributed by atoms with van der Waals surface area (Å²) in [4.78, 5) is 44.2. The average Bonchev–Trinajstić information content (AvgIpc) is 3.15. The van der Waals surface area contributed by atoms with Gasteiger partial charge < -0.3 is 10.2 Å². The molecule has 0 bridgehead atoms. The number of rotatable bonds is 4. The quantitative estimate of drug-likeness (QED) is 0.684. The number of imide groups is 1. The summed E-state index contributed by atoms with van der Waals surface area (Å²) in [6.45, 7) is 5.04. The van der Waals surface area contributed by atoms with Gasteiger partial charge in [0.25, 0.3) is 5.91 Å². The summed E-state index contributed by atoms with van der Waals surface area (Å²) in [6, 6.07) is 5.54. The lowest BCUT2D eigenvalue weighted by Crippen LogP contribution is -2.45. The average molecular weight is 454 g/mol. The highest BCUT2D eigenvalue weighted by molar-refractivity contribution is 6.17. The van der Waals surface area contributed by atoms with Crippen LogP contribution < -0.4 is 10.2 Å². The van der Waals surface area contributed by atoms with Crippen molar-refractivity contribution in [1.82, 2.24) is 10.2 Å². The van der Waals surface area contributed by atoms with Gasteiger partial charge in [-0.3, -0.25) is 14.4 Å². The molecule has 2 saturated carbocycles. The number of nitrogens with one attached hydrogen (secondary N) is 1. The van der Waals surface area contributed by atoms with Crippen molar-refractivity contribution in [1.29, 1.82) is 0 Å². The molecule has 1 aromatic carbocycles. The Labute approximate surface area is 198 Å². The van der Waals surface area contributed by atoms with E-state index in [1.165, 1.54) is 4.90 Å². The summed E-state index contributed by atoms with van der Waals surface area (Å²) < 4.78 is 0. The molecular weight excluding hydrogens is 414 g/mol. The van der Waals surface area contributed by atoms with Crippen LogP contribution in [0.15, 0.2) is 18.2 Å². The zero-order chi connectivity index (χ0) is 23.2. The third-order valence-electron chi connectivity index (χ3n) is 7.67. The van der Waals surface area contributed by atoms with Crippen LogP contribution >= 0.6 is 0 Å². The number of carbonyl (C=O) groups is 3. The highest BCUT2D eigenvalue weighted by Gasteiger charge is 2.36. The van der Waals surface area contributed by atoms with Crippen LogP contribution in [-0.2, 0) is 9.59 Å². The number of hydrogen-bond donors (Lipinski definition) is 1. The maximum absolute atomic E-state index is 13.8. The zero-order valence-electron chi connectivity index (χ0n) is 20.1. The van der Waals surface area contributed by atoms with Crippen LogP contribution in [0.25, 0.3) is 0 Å². The molecular formula is C27H39N3O3. The maximum Gasteiger partial charge on any atom is 0.253 e. The van der Waals surface area contributed by atoms with Gasteiger partial charge in [-0.05, 0) is 63.3 Å². The van der Waals surface area contributed by atoms with E-state index in [-0.39, 0.29) is 29.6 Å². The van der Waals surface area contributed by atoms with Gasteiger partial charge in [-0.1, -0.05) is 44.6 Å².